The Hall–Kier alpha value is -6.38. The molecule has 0 saturated heterocycles. The van der Waals surface area contributed by atoms with Gasteiger partial charge in [0, 0.05) is 22.3 Å². The van der Waals surface area contributed by atoms with Crippen molar-refractivity contribution >= 4 is 21.9 Å². The summed E-state index contributed by atoms with van der Waals surface area (Å²) in [5.74, 6) is 2.36. The molecule has 2 heterocycles. The van der Waals surface area contributed by atoms with Crippen LogP contribution in [0.15, 0.2) is 186 Å². The molecule has 1 aliphatic carbocycles. The lowest BCUT2D eigenvalue weighted by Crippen LogP contribution is -2.00. The summed E-state index contributed by atoms with van der Waals surface area (Å²) in [4.78, 5) is 0. The van der Waals surface area contributed by atoms with Gasteiger partial charge in [-0.2, -0.15) is 0 Å². The van der Waals surface area contributed by atoms with Crippen LogP contribution in [0.2, 0.25) is 0 Å². The van der Waals surface area contributed by atoms with E-state index in [1.807, 2.05) is 12.1 Å². The van der Waals surface area contributed by atoms with Gasteiger partial charge in [0.05, 0.1) is 0 Å². The van der Waals surface area contributed by atoms with Crippen LogP contribution in [-0.2, 0) is 0 Å². The van der Waals surface area contributed by atoms with Gasteiger partial charge in [-0.1, -0.05) is 115 Å². The van der Waals surface area contributed by atoms with Crippen molar-refractivity contribution in [1.29, 1.82) is 0 Å². The smallest absolute Gasteiger partial charge is 0.135 e. The largest absolute Gasteiger partial charge is 0.461 e. The van der Waals surface area contributed by atoms with Gasteiger partial charge < -0.3 is 9.15 Å². The lowest BCUT2D eigenvalue weighted by molar-refractivity contribution is 0.425. The molecule has 0 N–H and O–H groups in total. The highest BCUT2D eigenvalue weighted by atomic mass is 16.5. The van der Waals surface area contributed by atoms with Crippen LogP contribution in [0.4, 0.5) is 0 Å². The Morgan fingerprint density at radius 1 is 0.420 bits per heavy atom. The van der Waals surface area contributed by atoms with Gasteiger partial charge >= 0.3 is 0 Å². The fourth-order valence-electron chi connectivity index (χ4n) is 7.63. The molecule has 1 aromatic heterocycles. The van der Waals surface area contributed by atoms with Gasteiger partial charge in [0.1, 0.15) is 22.7 Å². The zero-order chi connectivity index (χ0) is 33.0. The molecule has 0 bridgehead atoms. The van der Waals surface area contributed by atoms with E-state index in [1.165, 1.54) is 61.2 Å². The van der Waals surface area contributed by atoms with Gasteiger partial charge in [-0.25, -0.2) is 0 Å². The molecule has 2 nitrogen and oxygen atoms in total. The van der Waals surface area contributed by atoms with Crippen LogP contribution < -0.4 is 4.74 Å². The van der Waals surface area contributed by atoms with Gasteiger partial charge in [0.2, 0.25) is 0 Å². The van der Waals surface area contributed by atoms with E-state index in [2.05, 4.69) is 164 Å². The second kappa shape index (κ2) is 11.6. The fourth-order valence-corrected chi connectivity index (χ4v) is 7.63. The maximum absolute atomic E-state index is 6.14. The minimum atomic E-state index is 0.320. The maximum Gasteiger partial charge on any atom is 0.135 e. The van der Waals surface area contributed by atoms with Crippen LogP contribution in [0.5, 0.6) is 5.75 Å². The van der Waals surface area contributed by atoms with Crippen molar-refractivity contribution in [3.8, 4) is 61.4 Å². The van der Waals surface area contributed by atoms with Crippen molar-refractivity contribution in [1.82, 2.24) is 0 Å². The fraction of sp³-hybridized carbons (Fsp3) is 0.0417. The Bertz CT molecular complexity index is 2670. The van der Waals surface area contributed by atoms with E-state index in [-0.39, 0.29) is 0 Å². The van der Waals surface area contributed by atoms with Crippen LogP contribution in [0, 0.1) is 0 Å². The molecular weight excluding hydrogens is 609 g/mol. The van der Waals surface area contributed by atoms with Gasteiger partial charge in [-0.3, -0.25) is 0 Å². The standard InChI is InChI=1S/C48H32O2/c1-3-19-45-41(17-1)43-29-39(21-23-47(43)49-45)37-15-7-13-35(27-37)33-11-5-9-31(25-33)32-10-6-12-34(26-32)36-14-8-16-38(28-36)40-22-24-48-44(30-40)42-18-2-4-20-46(42)50-48/h1-17,19-30,42H,18H2. The van der Waals surface area contributed by atoms with Crippen molar-refractivity contribution in [2.24, 2.45) is 0 Å². The summed E-state index contributed by atoms with van der Waals surface area (Å²) in [5, 5.41) is 2.29. The lowest BCUT2D eigenvalue weighted by Gasteiger charge is -2.12. The van der Waals surface area contributed by atoms with Gasteiger partial charge in [0.25, 0.3) is 0 Å². The van der Waals surface area contributed by atoms with E-state index in [0.717, 1.165) is 39.9 Å². The molecule has 8 aromatic rings. The predicted molar refractivity (Wildman–Crippen MR) is 206 cm³/mol. The molecule has 50 heavy (non-hydrogen) atoms. The number of allylic oxidation sites excluding steroid dienone is 4. The van der Waals surface area contributed by atoms with Gasteiger partial charge in [-0.15, -0.1) is 0 Å². The number of para-hydroxylation sites is 1. The number of rotatable bonds is 5. The first kappa shape index (κ1) is 28.6. The average Bonchev–Trinajstić information content (AvgIpc) is 3.76. The third kappa shape index (κ3) is 4.96. The first-order valence-corrected chi connectivity index (χ1v) is 17.3. The molecule has 1 unspecified atom stereocenters. The number of fused-ring (bicyclic) bond motifs is 6. The average molecular weight is 641 g/mol. The maximum atomic E-state index is 6.14. The zero-order valence-electron chi connectivity index (χ0n) is 27.3. The topological polar surface area (TPSA) is 22.4 Å². The Labute approximate surface area is 291 Å². The summed E-state index contributed by atoms with van der Waals surface area (Å²) < 4.78 is 12.2. The van der Waals surface area contributed by atoms with Gasteiger partial charge in [0.15, 0.2) is 0 Å². The van der Waals surface area contributed by atoms with E-state index in [4.69, 9.17) is 9.15 Å². The molecule has 0 spiro atoms. The third-order valence-electron chi connectivity index (χ3n) is 10.2. The van der Waals surface area contributed by atoms with E-state index in [1.54, 1.807) is 0 Å². The Morgan fingerprint density at radius 3 is 1.52 bits per heavy atom. The molecule has 7 aromatic carbocycles. The molecule has 1 aliphatic heterocycles. The molecule has 0 fully saturated rings. The Kier molecular flexibility index (Phi) is 6.67. The highest BCUT2D eigenvalue weighted by Crippen LogP contribution is 2.46. The van der Waals surface area contributed by atoms with Crippen LogP contribution in [0.25, 0.3) is 77.6 Å². The van der Waals surface area contributed by atoms with E-state index >= 15 is 0 Å². The van der Waals surface area contributed by atoms with E-state index in [9.17, 15) is 0 Å². The highest BCUT2D eigenvalue weighted by molar-refractivity contribution is 6.06. The summed E-state index contributed by atoms with van der Waals surface area (Å²) >= 11 is 0. The SMILES string of the molecule is C1=CCC2C(=C1)Oc1ccc(-c3cccc(-c4cccc(-c5cccc(-c6cccc(-c7ccc8oc9ccccc9c8c7)c6)c5)c4)c3)cc12. The molecule has 0 radical (unpaired) electrons. The molecule has 2 heteroatoms. The molecule has 1 atom stereocenters. The second-order valence-corrected chi connectivity index (χ2v) is 13.3. The molecule has 2 aliphatic rings. The predicted octanol–water partition coefficient (Wildman–Crippen LogP) is 13.2. The van der Waals surface area contributed by atoms with E-state index in [0.29, 0.717) is 5.92 Å². The minimum absolute atomic E-state index is 0.320. The summed E-state index contributed by atoms with van der Waals surface area (Å²) in [7, 11) is 0. The van der Waals surface area contributed by atoms with Crippen LogP contribution in [0.1, 0.15) is 17.9 Å². The molecule has 0 amide bonds. The quantitative estimate of drug-likeness (QED) is 0.187. The first-order chi connectivity index (χ1) is 24.7. The zero-order valence-corrected chi connectivity index (χ0v) is 27.3. The monoisotopic (exact) mass is 640 g/mol. The third-order valence-corrected chi connectivity index (χ3v) is 10.2. The second-order valence-electron chi connectivity index (χ2n) is 13.3. The Balaban J connectivity index is 0.950. The number of furan rings is 1. The normalized spacial score (nSPS) is 14.7. The van der Waals surface area contributed by atoms with Gasteiger partial charge in [-0.05, 0) is 123 Å². The number of ether oxygens (including phenoxy) is 1. The van der Waals surface area contributed by atoms with Crippen molar-refractivity contribution in [3.05, 3.63) is 187 Å². The number of benzene rings is 7. The van der Waals surface area contributed by atoms with Crippen LogP contribution in [-0.4, -0.2) is 0 Å². The summed E-state index contributed by atoms with van der Waals surface area (Å²) in [5.41, 5.74) is 15.1. The molecule has 0 saturated carbocycles. The molecule has 10 rings (SSSR count). The minimum Gasteiger partial charge on any atom is -0.461 e. The summed E-state index contributed by atoms with van der Waals surface area (Å²) in [6.07, 6.45) is 7.40. The van der Waals surface area contributed by atoms with Crippen molar-refractivity contribution in [2.45, 2.75) is 12.3 Å². The molecule has 236 valence electrons. The van der Waals surface area contributed by atoms with Crippen molar-refractivity contribution in [3.63, 3.8) is 0 Å². The van der Waals surface area contributed by atoms with Crippen LogP contribution >= 0.6 is 0 Å². The lowest BCUT2D eigenvalue weighted by atomic mass is 9.89. The molecular formula is C48H32O2. The summed E-state index contributed by atoms with van der Waals surface area (Å²) in [6, 6.07) is 56.8. The van der Waals surface area contributed by atoms with Crippen molar-refractivity contribution < 1.29 is 9.15 Å². The first-order valence-electron chi connectivity index (χ1n) is 17.3. The number of hydrogen-bond acceptors (Lipinski definition) is 2. The summed E-state index contributed by atoms with van der Waals surface area (Å²) in [6.45, 7) is 0. The Morgan fingerprint density at radius 2 is 0.920 bits per heavy atom. The number of hydrogen-bond donors (Lipinski definition) is 0. The van der Waals surface area contributed by atoms with Crippen LogP contribution in [0.3, 0.4) is 0 Å². The van der Waals surface area contributed by atoms with Crippen molar-refractivity contribution in [2.75, 3.05) is 0 Å². The highest BCUT2D eigenvalue weighted by Gasteiger charge is 2.30. The van der Waals surface area contributed by atoms with E-state index < -0.39 is 0 Å².